The van der Waals surface area contributed by atoms with E-state index in [1.54, 1.807) is 0 Å². The predicted molar refractivity (Wildman–Crippen MR) is 65.3 cm³/mol. The molecule has 15 heavy (non-hydrogen) atoms. The third kappa shape index (κ3) is 2.73. The van der Waals surface area contributed by atoms with Gasteiger partial charge in [-0.15, -0.1) is 0 Å². The smallest absolute Gasteiger partial charge is 0.0480 e. The van der Waals surface area contributed by atoms with E-state index in [2.05, 4.69) is 30.4 Å². The van der Waals surface area contributed by atoms with Gasteiger partial charge in [0.1, 0.15) is 0 Å². The molecule has 0 unspecified atom stereocenters. The summed E-state index contributed by atoms with van der Waals surface area (Å²) in [5, 5.41) is 4.50. The van der Waals surface area contributed by atoms with Crippen LogP contribution in [0.3, 0.4) is 0 Å². The molecule has 1 nitrogen and oxygen atoms in total. The van der Waals surface area contributed by atoms with Gasteiger partial charge in [0.2, 0.25) is 0 Å². The fourth-order valence-electron chi connectivity index (χ4n) is 2.23. The Bertz CT molecular complexity index is 329. The Balaban J connectivity index is 1.95. The largest absolute Gasteiger partial charge is 0.310 e. The van der Waals surface area contributed by atoms with Crippen molar-refractivity contribution in [3.63, 3.8) is 0 Å². The fraction of sp³-hybridized carbons (Fsp3) is 0.538. The molecule has 0 radical (unpaired) electrons. The zero-order valence-electron chi connectivity index (χ0n) is 9.22. The number of hydrogen-bond acceptors (Lipinski definition) is 1. The number of nitrogens with one attached hydrogen (secondary N) is 1. The molecule has 0 spiro atoms. The van der Waals surface area contributed by atoms with E-state index in [1.807, 2.05) is 0 Å². The Morgan fingerprint density at radius 1 is 1.33 bits per heavy atom. The maximum absolute atomic E-state index is 6.24. The first-order valence-corrected chi connectivity index (χ1v) is 6.12. The SMILES string of the molecule is Cc1cccc(CNC2CCCC2)c1Cl. The van der Waals surface area contributed by atoms with Gasteiger partial charge >= 0.3 is 0 Å². The number of benzene rings is 1. The molecule has 1 aromatic rings. The highest BCUT2D eigenvalue weighted by molar-refractivity contribution is 6.32. The minimum Gasteiger partial charge on any atom is -0.310 e. The van der Waals surface area contributed by atoms with Crippen LogP contribution < -0.4 is 5.32 Å². The van der Waals surface area contributed by atoms with Crippen molar-refractivity contribution in [1.29, 1.82) is 0 Å². The van der Waals surface area contributed by atoms with Gasteiger partial charge in [0.15, 0.2) is 0 Å². The molecule has 0 aromatic heterocycles. The van der Waals surface area contributed by atoms with Gasteiger partial charge in [-0.3, -0.25) is 0 Å². The lowest BCUT2D eigenvalue weighted by Crippen LogP contribution is -2.25. The zero-order chi connectivity index (χ0) is 10.7. The average Bonchev–Trinajstić information content (AvgIpc) is 2.73. The molecule has 1 saturated carbocycles. The minimum absolute atomic E-state index is 0.710. The van der Waals surface area contributed by atoms with Crippen molar-refractivity contribution in [2.45, 2.75) is 45.2 Å². The Morgan fingerprint density at radius 2 is 2.07 bits per heavy atom. The molecular weight excluding hydrogens is 206 g/mol. The fourth-order valence-corrected chi connectivity index (χ4v) is 2.42. The summed E-state index contributed by atoms with van der Waals surface area (Å²) in [5.41, 5.74) is 2.39. The first-order valence-electron chi connectivity index (χ1n) is 5.75. The van der Waals surface area contributed by atoms with E-state index in [0.717, 1.165) is 11.6 Å². The van der Waals surface area contributed by atoms with Crippen LogP contribution in [-0.2, 0) is 6.54 Å². The first-order chi connectivity index (χ1) is 7.27. The maximum atomic E-state index is 6.24. The quantitative estimate of drug-likeness (QED) is 0.825. The highest BCUT2D eigenvalue weighted by atomic mass is 35.5. The summed E-state index contributed by atoms with van der Waals surface area (Å²) in [6.07, 6.45) is 5.39. The molecule has 1 aromatic carbocycles. The third-order valence-corrected chi connectivity index (χ3v) is 3.75. The molecule has 1 aliphatic carbocycles. The molecule has 0 heterocycles. The second-order valence-corrected chi connectivity index (χ2v) is 4.79. The highest BCUT2D eigenvalue weighted by Crippen LogP contribution is 2.22. The van der Waals surface area contributed by atoms with E-state index in [1.165, 1.54) is 36.8 Å². The van der Waals surface area contributed by atoms with Gasteiger partial charge in [0, 0.05) is 17.6 Å². The number of aryl methyl sites for hydroxylation is 1. The van der Waals surface area contributed by atoms with Crippen LogP contribution in [0.4, 0.5) is 0 Å². The van der Waals surface area contributed by atoms with Crippen LogP contribution in [0.5, 0.6) is 0 Å². The van der Waals surface area contributed by atoms with Crippen LogP contribution in [0.1, 0.15) is 36.8 Å². The molecule has 0 bridgehead atoms. The summed E-state index contributed by atoms with van der Waals surface area (Å²) in [4.78, 5) is 0. The molecule has 0 saturated heterocycles. The number of halogens is 1. The van der Waals surface area contributed by atoms with Gasteiger partial charge < -0.3 is 5.32 Å². The van der Waals surface area contributed by atoms with Crippen molar-refractivity contribution < 1.29 is 0 Å². The molecular formula is C13H18ClN. The van der Waals surface area contributed by atoms with Crippen molar-refractivity contribution in [2.24, 2.45) is 0 Å². The standard InChI is InChI=1S/C13H18ClN/c1-10-5-4-6-11(13(10)14)9-15-12-7-2-3-8-12/h4-6,12,15H,2-3,7-9H2,1H3. The summed E-state index contributed by atoms with van der Waals surface area (Å²) in [7, 11) is 0. The molecule has 1 fully saturated rings. The highest BCUT2D eigenvalue weighted by Gasteiger charge is 2.14. The van der Waals surface area contributed by atoms with Crippen molar-refractivity contribution in [3.05, 3.63) is 34.3 Å². The topological polar surface area (TPSA) is 12.0 Å². The number of rotatable bonds is 3. The van der Waals surface area contributed by atoms with Crippen LogP contribution in [0.25, 0.3) is 0 Å². The lowest BCUT2D eigenvalue weighted by molar-refractivity contribution is 0.524. The van der Waals surface area contributed by atoms with Crippen LogP contribution in [0.15, 0.2) is 18.2 Å². The second kappa shape index (κ2) is 5.00. The van der Waals surface area contributed by atoms with E-state index >= 15 is 0 Å². The van der Waals surface area contributed by atoms with Crippen LogP contribution in [0.2, 0.25) is 5.02 Å². The van der Waals surface area contributed by atoms with Crippen LogP contribution >= 0.6 is 11.6 Å². The van der Waals surface area contributed by atoms with E-state index in [0.29, 0.717) is 6.04 Å². The van der Waals surface area contributed by atoms with E-state index in [4.69, 9.17) is 11.6 Å². The molecule has 1 N–H and O–H groups in total. The lowest BCUT2D eigenvalue weighted by atomic mass is 10.1. The molecule has 0 atom stereocenters. The average molecular weight is 224 g/mol. The maximum Gasteiger partial charge on any atom is 0.0480 e. The predicted octanol–water partition coefficient (Wildman–Crippen LogP) is 3.68. The summed E-state index contributed by atoms with van der Waals surface area (Å²) >= 11 is 6.24. The Kier molecular flexibility index (Phi) is 3.66. The molecule has 82 valence electrons. The molecule has 2 heteroatoms. The summed E-state index contributed by atoms with van der Waals surface area (Å²) < 4.78 is 0. The molecule has 1 aliphatic rings. The van der Waals surface area contributed by atoms with Gasteiger partial charge in [-0.25, -0.2) is 0 Å². The minimum atomic E-state index is 0.710. The van der Waals surface area contributed by atoms with Crippen LogP contribution in [-0.4, -0.2) is 6.04 Å². The zero-order valence-corrected chi connectivity index (χ0v) is 9.98. The normalized spacial score (nSPS) is 17.2. The Morgan fingerprint density at radius 3 is 2.80 bits per heavy atom. The summed E-state index contributed by atoms with van der Waals surface area (Å²) in [5.74, 6) is 0. The lowest BCUT2D eigenvalue weighted by Gasteiger charge is -2.13. The van der Waals surface area contributed by atoms with E-state index < -0.39 is 0 Å². The Labute approximate surface area is 96.8 Å². The van der Waals surface area contributed by atoms with Crippen LogP contribution in [0, 0.1) is 6.92 Å². The van der Waals surface area contributed by atoms with Gasteiger partial charge in [-0.1, -0.05) is 42.6 Å². The molecule has 2 rings (SSSR count). The van der Waals surface area contributed by atoms with Crippen molar-refractivity contribution >= 4 is 11.6 Å². The van der Waals surface area contributed by atoms with Gasteiger partial charge in [-0.05, 0) is 30.9 Å². The summed E-state index contributed by atoms with van der Waals surface area (Å²) in [6, 6.07) is 6.95. The molecule has 0 aliphatic heterocycles. The summed E-state index contributed by atoms with van der Waals surface area (Å²) in [6.45, 7) is 2.96. The second-order valence-electron chi connectivity index (χ2n) is 4.41. The first kappa shape index (κ1) is 11.0. The number of hydrogen-bond donors (Lipinski definition) is 1. The van der Waals surface area contributed by atoms with Crippen molar-refractivity contribution in [1.82, 2.24) is 5.32 Å². The molecule has 0 amide bonds. The van der Waals surface area contributed by atoms with E-state index in [9.17, 15) is 0 Å². The third-order valence-electron chi connectivity index (χ3n) is 3.21. The Hall–Kier alpha value is -0.530. The van der Waals surface area contributed by atoms with Gasteiger partial charge in [0.25, 0.3) is 0 Å². The van der Waals surface area contributed by atoms with Crippen molar-refractivity contribution in [3.8, 4) is 0 Å². The monoisotopic (exact) mass is 223 g/mol. The van der Waals surface area contributed by atoms with Gasteiger partial charge in [0.05, 0.1) is 0 Å². The van der Waals surface area contributed by atoms with E-state index in [-0.39, 0.29) is 0 Å². The van der Waals surface area contributed by atoms with Crippen molar-refractivity contribution in [2.75, 3.05) is 0 Å². The van der Waals surface area contributed by atoms with Gasteiger partial charge in [-0.2, -0.15) is 0 Å².